The molecule has 2 N–H and O–H groups in total. The first kappa shape index (κ1) is 33.2. The number of nitrogens with zero attached hydrogens (tertiary/aromatic N) is 1. The molecule has 0 amide bonds. The van der Waals surface area contributed by atoms with Crippen molar-refractivity contribution < 1.29 is 24.5 Å². The highest BCUT2D eigenvalue weighted by atomic mass is 35.5. The van der Waals surface area contributed by atoms with Gasteiger partial charge in [0.25, 0.3) is 0 Å². The smallest absolute Gasteiger partial charge is 0.306 e. The Kier molecular flexibility index (Phi) is 10.1. The van der Waals surface area contributed by atoms with Crippen LogP contribution in [0.2, 0.25) is 0 Å². The topological polar surface area (TPSA) is 87.1 Å². The summed E-state index contributed by atoms with van der Waals surface area (Å²) in [4.78, 5) is 28.3. The molecule has 44 heavy (non-hydrogen) atoms. The van der Waals surface area contributed by atoms with E-state index < -0.39 is 35.5 Å². The molecule has 1 aromatic rings. The van der Waals surface area contributed by atoms with Gasteiger partial charge in [-0.2, -0.15) is 0 Å². The third-order valence-corrected chi connectivity index (χ3v) is 11.8. The molecular weight excluding hydrogens is 597 g/mol. The highest BCUT2D eigenvalue weighted by Gasteiger charge is 2.68. The summed E-state index contributed by atoms with van der Waals surface area (Å²) in [5.74, 6) is 0.498. The first-order valence-corrected chi connectivity index (χ1v) is 17.2. The van der Waals surface area contributed by atoms with E-state index in [-0.39, 0.29) is 29.6 Å². The molecule has 3 fully saturated rings. The summed E-state index contributed by atoms with van der Waals surface area (Å²) in [6, 6.07) is 8.16. The summed E-state index contributed by atoms with van der Waals surface area (Å²) in [5.41, 5.74) is 1.83. The van der Waals surface area contributed by atoms with E-state index in [9.17, 15) is 19.8 Å². The van der Waals surface area contributed by atoms with Crippen LogP contribution in [0.5, 0.6) is 0 Å². The Bertz CT molecular complexity index is 1300. The minimum atomic E-state index is -1.62. The van der Waals surface area contributed by atoms with E-state index >= 15 is 0 Å². The minimum absolute atomic E-state index is 0.0339. The van der Waals surface area contributed by atoms with Crippen LogP contribution >= 0.6 is 23.2 Å². The molecule has 240 valence electrons. The average Bonchev–Trinajstić information content (AvgIpc) is 3.27. The van der Waals surface area contributed by atoms with Crippen molar-refractivity contribution in [3.63, 3.8) is 0 Å². The third kappa shape index (κ3) is 6.04. The molecule has 0 saturated heterocycles. The van der Waals surface area contributed by atoms with Crippen LogP contribution in [0.15, 0.2) is 60.2 Å². The predicted octanol–water partition coefficient (Wildman–Crippen LogP) is 6.40. The lowest BCUT2D eigenvalue weighted by Crippen LogP contribution is -2.61. The molecule has 0 spiro atoms. The molecule has 0 heterocycles. The number of ether oxygens (including phenoxy) is 1. The number of fused-ring (bicyclic) bond motifs is 5. The fourth-order valence-corrected chi connectivity index (χ4v) is 9.50. The van der Waals surface area contributed by atoms with E-state index in [1.807, 2.05) is 37.3 Å². The maximum absolute atomic E-state index is 13.5. The molecule has 3 saturated carbocycles. The predicted molar refractivity (Wildman–Crippen MR) is 176 cm³/mol. The molecule has 7 atom stereocenters. The summed E-state index contributed by atoms with van der Waals surface area (Å²) >= 11 is 11.8. The number of anilines is 1. The first-order chi connectivity index (χ1) is 21.0. The van der Waals surface area contributed by atoms with Gasteiger partial charge >= 0.3 is 5.97 Å². The van der Waals surface area contributed by atoms with Gasteiger partial charge in [-0.25, -0.2) is 0 Å². The molecule has 0 unspecified atom stereocenters. The quantitative estimate of drug-likeness (QED) is 0.202. The largest absolute Gasteiger partial charge is 0.458 e. The molecule has 0 bridgehead atoms. The van der Waals surface area contributed by atoms with Gasteiger partial charge in [-0.3, -0.25) is 9.59 Å². The molecule has 1 aromatic carbocycles. The third-order valence-electron chi connectivity index (χ3n) is 11.4. The lowest BCUT2D eigenvalue weighted by atomic mass is 9.46. The van der Waals surface area contributed by atoms with Crippen LogP contribution in [0.3, 0.4) is 0 Å². The standard InChI is InChI=1S/C36H47Cl2NO5/c1-24-13-15-34(2)26(21-24)9-12-28-29-14-16-36(43,35(29,3)22-30(40)33(28)34)31(41)23-44-32(42)6-4-5-25-7-10-27(11-8-25)39(19-17-37)20-18-38/h7-8,10-11,13,15,21,28-30,33,40,43H,1,4-6,9,12,14,16-20,22-23H2,2-3H3/t28-,29-,30-,33+,34-,35-,36-/m1/s1. The zero-order valence-electron chi connectivity index (χ0n) is 26.1. The SMILES string of the molecule is C=C1C=C[C@]2(C)C(=C1)CC[C@H]1[C@H]2[C@H](O)C[C@]2(C)[C@@H]1CC[C@@]2(O)C(=O)COC(=O)CCCc1ccc(N(CCCl)CCCl)cc1. The van der Waals surface area contributed by atoms with Gasteiger partial charge < -0.3 is 19.8 Å². The molecule has 0 radical (unpaired) electrons. The highest BCUT2D eigenvalue weighted by molar-refractivity contribution is 6.18. The lowest BCUT2D eigenvalue weighted by molar-refractivity contribution is -0.181. The monoisotopic (exact) mass is 643 g/mol. The number of allylic oxidation sites excluding steroid dienone is 5. The Hall–Kier alpha value is -2.12. The van der Waals surface area contributed by atoms with Gasteiger partial charge in [0, 0.05) is 53.7 Å². The van der Waals surface area contributed by atoms with Crippen molar-refractivity contribution in [2.24, 2.45) is 28.6 Å². The van der Waals surface area contributed by atoms with Gasteiger partial charge in [0.05, 0.1) is 6.10 Å². The molecule has 6 nitrogen and oxygen atoms in total. The molecule has 4 aliphatic rings. The van der Waals surface area contributed by atoms with Crippen molar-refractivity contribution in [3.8, 4) is 0 Å². The molecule has 0 aromatic heterocycles. The number of Topliss-reactive ketones (excluding diaryl/α,β-unsaturated/α-hetero) is 1. The van der Waals surface area contributed by atoms with E-state index in [1.165, 1.54) is 5.57 Å². The molecule has 5 rings (SSSR count). The van der Waals surface area contributed by atoms with Crippen molar-refractivity contribution >= 4 is 40.6 Å². The van der Waals surface area contributed by atoms with Gasteiger partial charge in [-0.15, -0.1) is 23.2 Å². The number of carbonyl (C=O) groups is 2. The molecule has 4 aliphatic carbocycles. The normalized spacial score (nSPS) is 34.0. The lowest BCUT2D eigenvalue weighted by Gasteiger charge is -2.59. The van der Waals surface area contributed by atoms with Gasteiger partial charge in [0.1, 0.15) is 5.60 Å². The zero-order valence-corrected chi connectivity index (χ0v) is 27.6. The summed E-state index contributed by atoms with van der Waals surface area (Å²) in [5, 5.41) is 23.5. The number of aliphatic hydroxyl groups excluding tert-OH is 1. The first-order valence-electron chi connectivity index (χ1n) is 16.1. The van der Waals surface area contributed by atoms with Crippen LogP contribution in [0.25, 0.3) is 0 Å². The second-order valence-corrected chi connectivity index (χ2v) is 14.5. The molecule has 0 aliphatic heterocycles. The number of benzene rings is 1. The number of halogens is 2. The number of aryl methyl sites for hydroxylation is 1. The maximum Gasteiger partial charge on any atom is 0.306 e. The van der Waals surface area contributed by atoms with Crippen molar-refractivity contribution in [2.75, 3.05) is 36.4 Å². The Morgan fingerprint density at radius 3 is 2.50 bits per heavy atom. The Morgan fingerprint density at radius 2 is 1.82 bits per heavy atom. The fraction of sp³-hybridized carbons (Fsp3) is 0.611. The van der Waals surface area contributed by atoms with E-state index in [0.717, 1.165) is 49.2 Å². The number of esters is 1. The van der Waals surface area contributed by atoms with Crippen LogP contribution in [-0.4, -0.2) is 65.1 Å². The van der Waals surface area contributed by atoms with Crippen molar-refractivity contribution in [1.82, 2.24) is 0 Å². The van der Waals surface area contributed by atoms with Crippen LogP contribution in [0.1, 0.15) is 64.4 Å². The van der Waals surface area contributed by atoms with Crippen molar-refractivity contribution in [1.29, 1.82) is 0 Å². The Labute approximate surface area is 272 Å². The number of hydrogen-bond donors (Lipinski definition) is 2. The van der Waals surface area contributed by atoms with E-state index in [0.29, 0.717) is 37.4 Å². The molecular formula is C36H47Cl2NO5. The number of aliphatic hydroxyl groups is 2. The number of rotatable bonds is 12. The Balaban J connectivity index is 1.15. The van der Waals surface area contributed by atoms with E-state index in [1.54, 1.807) is 0 Å². The summed E-state index contributed by atoms with van der Waals surface area (Å²) in [6.07, 6.45) is 10.5. The highest BCUT2D eigenvalue weighted by Crippen LogP contribution is 2.67. The van der Waals surface area contributed by atoms with Crippen LogP contribution in [0, 0.1) is 28.6 Å². The number of hydrogen-bond acceptors (Lipinski definition) is 6. The number of ketones is 1. The van der Waals surface area contributed by atoms with Gasteiger partial charge in [0.15, 0.2) is 6.61 Å². The maximum atomic E-state index is 13.5. The molecule has 8 heteroatoms. The van der Waals surface area contributed by atoms with Gasteiger partial charge in [-0.05, 0) is 80.1 Å². The Morgan fingerprint density at radius 1 is 1.11 bits per heavy atom. The van der Waals surface area contributed by atoms with Gasteiger partial charge in [-0.1, -0.05) is 56.4 Å². The van der Waals surface area contributed by atoms with Crippen molar-refractivity contribution in [2.45, 2.75) is 76.9 Å². The van der Waals surface area contributed by atoms with Gasteiger partial charge in [0.2, 0.25) is 5.78 Å². The van der Waals surface area contributed by atoms with E-state index in [4.69, 9.17) is 27.9 Å². The second kappa shape index (κ2) is 13.3. The second-order valence-electron chi connectivity index (χ2n) is 13.8. The summed E-state index contributed by atoms with van der Waals surface area (Å²) in [6.45, 7) is 9.28. The fourth-order valence-electron chi connectivity index (χ4n) is 9.09. The van der Waals surface area contributed by atoms with Crippen LogP contribution in [0.4, 0.5) is 5.69 Å². The van der Waals surface area contributed by atoms with Crippen LogP contribution in [-0.2, 0) is 20.7 Å². The van der Waals surface area contributed by atoms with E-state index in [2.05, 4.69) is 30.6 Å². The number of carbonyl (C=O) groups excluding carboxylic acids is 2. The zero-order chi connectivity index (χ0) is 31.7. The number of alkyl halides is 2. The summed E-state index contributed by atoms with van der Waals surface area (Å²) < 4.78 is 5.41. The summed E-state index contributed by atoms with van der Waals surface area (Å²) in [7, 11) is 0. The minimum Gasteiger partial charge on any atom is -0.458 e. The van der Waals surface area contributed by atoms with Crippen molar-refractivity contribution in [3.05, 3.63) is 65.8 Å². The average molecular weight is 645 g/mol. The van der Waals surface area contributed by atoms with Crippen LogP contribution < -0.4 is 4.90 Å².